The Balaban J connectivity index is 1.76. The summed E-state index contributed by atoms with van der Waals surface area (Å²) in [5.41, 5.74) is 10.3. The monoisotopic (exact) mass is 296 g/mol. The van der Waals surface area contributed by atoms with Crippen molar-refractivity contribution >= 4 is 11.6 Å². The van der Waals surface area contributed by atoms with E-state index in [0.29, 0.717) is 13.0 Å². The zero-order chi connectivity index (χ0) is 15.7. The number of aromatic hydroxyl groups is 1. The van der Waals surface area contributed by atoms with Crippen molar-refractivity contribution in [3.05, 3.63) is 59.2 Å². The van der Waals surface area contributed by atoms with Gasteiger partial charge in [-0.3, -0.25) is 4.79 Å². The third-order valence-electron chi connectivity index (χ3n) is 4.24. The number of carbonyl (C=O) groups excluding carboxylic acids is 1. The van der Waals surface area contributed by atoms with E-state index in [1.54, 1.807) is 17.0 Å². The SMILES string of the molecule is Cc1cc(O)ccc1CC(N)C(=O)N1CCc2ccccc21. The standard InChI is InChI=1S/C18H20N2O2/c1-12-10-15(21)7-6-14(12)11-16(19)18(22)20-9-8-13-4-2-3-5-17(13)20/h2-7,10,16,21H,8-9,11,19H2,1H3. The molecule has 1 aliphatic heterocycles. The fourth-order valence-corrected chi connectivity index (χ4v) is 3.00. The summed E-state index contributed by atoms with van der Waals surface area (Å²) in [7, 11) is 0. The molecule has 0 spiro atoms. The molecule has 0 saturated heterocycles. The Morgan fingerprint density at radius 1 is 1.32 bits per heavy atom. The number of carbonyl (C=O) groups is 1. The number of phenolic OH excluding ortho intramolecular Hbond substituents is 1. The maximum Gasteiger partial charge on any atom is 0.244 e. The molecule has 0 fully saturated rings. The molecule has 0 radical (unpaired) electrons. The van der Waals surface area contributed by atoms with Crippen molar-refractivity contribution in [2.45, 2.75) is 25.8 Å². The van der Waals surface area contributed by atoms with E-state index >= 15 is 0 Å². The molecule has 1 atom stereocenters. The number of nitrogens with zero attached hydrogens (tertiary/aromatic N) is 1. The number of hydrogen-bond acceptors (Lipinski definition) is 3. The van der Waals surface area contributed by atoms with E-state index in [1.165, 1.54) is 5.56 Å². The number of amides is 1. The van der Waals surface area contributed by atoms with Crippen molar-refractivity contribution in [1.29, 1.82) is 0 Å². The number of aryl methyl sites for hydroxylation is 1. The number of fused-ring (bicyclic) bond motifs is 1. The molecule has 4 heteroatoms. The number of anilines is 1. The number of benzene rings is 2. The lowest BCUT2D eigenvalue weighted by Gasteiger charge is -2.22. The molecule has 0 aliphatic carbocycles. The Labute approximate surface area is 130 Å². The van der Waals surface area contributed by atoms with E-state index < -0.39 is 6.04 Å². The molecular weight excluding hydrogens is 276 g/mol. The fraction of sp³-hybridized carbons (Fsp3) is 0.278. The van der Waals surface area contributed by atoms with Crippen LogP contribution in [0.5, 0.6) is 5.75 Å². The van der Waals surface area contributed by atoms with Crippen LogP contribution in [0, 0.1) is 6.92 Å². The van der Waals surface area contributed by atoms with Crippen molar-refractivity contribution < 1.29 is 9.90 Å². The number of para-hydroxylation sites is 1. The summed E-state index contributed by atoms with van der Waals surface area (Å²) in [4.78, 5) is 14.4. The molecule has 3 N–H and O–H groups in total. The fourth-order valence-electron chi connectivity index (χ4n) is 3.00. The molecule has 22 heavy (non-hydrogen) atoms. The van der Waals surface area contributed by atoms with E-state index in [9.17, 15) is 9.90 Å². The Morgan fingerprint density at radius 2 is 2.09 bits per heavy atom. The maximum atomic E-state index is 12.6. The second-order valence-electron chi connectivity index (χ2n) is 5.79. The second-order valence-corrected chi connectivity index (χ2v) is 5.79. The quantitative estimate of drug-likeness (QED) is 0.912. The summed E-state index contributed by atoms with van der Waals surface area (Å²) in [5.74, 6) is 0.187. The van der Waals surface area contributed by atoms with Gasteiger partial charge in [-0.15, -0.1) is 0 Å². The Bertz CT molecular complexity index is 712. The topological polar surface area (TPSA) is 66.6 Å². The third kappa shape index (κ3) is 2.70. The van der Waals surface area contributed by atoms with Crippen molar-refractivity contribution in [3.63, 3.8) is 0 Å². The first-order valence-corrected chi connectivity index (χ1v) is 7.49. The first-order chi connectivity index (χ1) is 10.6. The Morgan fingerprint density at radius 3 is 2.86 bits per heavy atom. The summed E-state index contributed by atoms with van der Waals surface area (Å²) in [6.07, 6.45) is 1.36. The lowest BCUT2D eigenvalue weighted by atomic mass is 10.0. The smallest absolute Gasteiger partial charge is 0.244 e. The first-order valence-electron chi connectivity index (χ1n) is 7.49. The molecule has 0 bridgehead atoms. The van der Waals surface area contributed by atoms with Crippen LogP contribution in [0.15, 0.2) is 42.5 Å². The first kappa shape index (κ1) is 14.6. The van der Waals surface area contributed by atoms with Crippen molar-refractivity contribution in [1.82, 2.24) is 0 Å². The molecule has 4 nitrogen and oxygen atoms in total. The molecule has 0 saturated carbocycles. The van der Waals surface area contributed by atoms with Gasteiger partial charge < -0.3 is 15.7 Å². The zero-order valence-corrected chi connectivity index (χ0v) is 12.6. The average Bonchev–Trinajstić information content (AvgIpc) is 2.93. The maximum absolute atomic E-state index is 12.6. The Hall–Kier alpha value is -2.33. The van der Waals surface area contributed by atoms with Gasteiger partial charge in [0.1, 0.15) is 5.75 Å². The van der Waals surface area contributed by atoms with Crippen molar-refractivity contribution in [2.75, 3.05) is 11.4 Å². The normalized spacial score (nSPS) is 14.7. The van der Waals surface area contributed by atoms with Crippen LogP contribution < -0.4 is 10.6 Å². The molecule has 1 unspecified atom stereocenters. The molecule has 1 amide bonds. The molecular formula is C18H20N2O2. The van der Waals surface area contributed by atoms with Crippen LogP contribution in [0.2, 0.25) is 0 Å². The number of hydrogen-bond donors (Lipinski definition) is 2. The predicted octanol–water partition coefficient (Wildman–Crippen LogP) is 2.16. The minimum Gasteiger partial charge on any atom is -0.508 e. The summed E-state index contributed by atoms with van der Waals surface area (Å²) >= 11 is 0. The highest BCUT2D eigenvalue weighted by Gasteiger charge is 2.28. The number of nitrogens with two attached hydrogens (primary N) is 1. The highest BCUT2D eigenvalue weighted by Crippen LogP contribution is 2.28. The summed E-state index contributed by atoms with van der Waals surface area (Å²) < 4.78 is 0. The highest BCUT2D eigenvalue weighted by molar-refractivity contribution is 5.99. The van der Waals surface area contributed by atoms with E-state index in [-0.39, 0.29) is 11.7 Å². The van der Waals surface area contributed by atoms with Gasteiger partial charge in [-0.05, 0) is 54.7 Å². The van der Waals surface area contributed by atoms with Gasteiger partial charge in [0.05, 0.1) is 6.04 Å². The predicted molar refractivity (Wildman–Crippen MR) is 87.0 cm³/mol. The summed E-state index contributed by atoms with van der Waals surface area (Å²) in [6, 6.07) is 12.5. The third-order valence-corrected chi connectivity index (χ3v) is 4.24. The Kier molecular flexibility index (Phi) is 3.86. The molecule has 2 aromatic carbocycles. The zero-order valence-electron chi connectivity index (χ0n) is 12.6. The molecule has 114 valence electrons. The van der Waals surface area contributed by atoms with Gasteiger partial charge in [-0.25, -0.2) is 0 Å². The van der Waals surface area contributed by atoms with Crippen LogP contribution in [0.1, 0.15) is 16.7 Å². The lowest BCUT2D eigenvalue weighted by Crippen LogP contribution is -2.44. The van der Waals surface area contributed by atoms with Crippen LogP contribution in [-0.4, -0.2) is 23.6 Å². The minimum absolute atomic E-state index is 0.0441. The van der Waals surface area contributed by atoms with E-state index in [0.717, 1.165) is 23.2 Å². The molecule has 3 rings (SSSR count). The van der Waals surface area contributed by atoms with E-state index in [4.69, 9.17) is 5.73 Å². The minimum atomic E-state index is -0.575. The summed E-state index contributed by atoms with van der Waals surface area (Å²) in [5, 5.41) is 9.46. The van der Waals surface area contributed by atoms with Crippen LogP contribution in [0.4, 0.5) is 5.69 Å². The molecule has 1 aliphatic rings. The van der Waals surface area contributed by atoms with E-state index in [2.05, 4.69) is 6.07 Å². The summed E-state index contributed by atoms with van der Waals surface area (Å²) in [6.45, 7) is 2.61. The molecule has 0 aromatic heterocycles. The second kappa shape index (κ2) is 5.81. The van der Waals surface area contributed by atoms with Gasteiger partial charge in [-0.1, -0.05) is 24.3 Å². The van der Waals surface area contributed by atoms with Crippen molar-refractivity contribution in [3.8, 4) is 5.75 Å². The van der Waals surface area contributed by atoms with Gasteiger partial charge in [0.25, 0.3) is 0 Å². The van der Waals surface area contributed by atoms with Gasteiger partial charge in [0, 0.05) is 12.2 Å². The molecule has 2 aromatic rings. The largest absolute Gasteiger partial charge is 0.508 e. The van der Waals surface area contributed by atoms with Crippen LogP contribution in [0.25, 0.3) is 0 Å². The van der Waals surface area contributed by atoms with Crippen LogP contribution in [-0.2, 0) is 17.6 Å². The van der Waals surface area contributed by atoms with Gasteiger partial charge in [0.15, 0.2) is 0 Å². The van der Waals surface area contributed by atoms with E-state index in [1.807, 2.05) is 31.2 Å². The van der Waals surface area contributed by atoms with Crippen molar-refractivity contribution in [2.24, 2.45) is 5.73 Å². The van der Waals surface area contributed by atoms with Crippen LogP contribution >= 0.6 is 0 Å². The van der Waals surface area contributed by atoms with Gasteiger partial charge >= 0.3 is 0 Å². The average molecular weight is 296 g/mol. The highest BCUT2D eigenvalue weighted by atomic mass is 16.3. The number of rotatable bonds is 3. The van der Waals surface area contributed by atoms with Crippen LogP contribution in [0.3, 0.4) is 0 Å². The lowest BCUT2D eigenvalue weighted by molar-refractivity contribution is -0.119. The molecule has 1 heterocycles. The van der Waals surface area contributed by atoms with Gasteiger partial charge in [-0.2, -0.15) is 0 Å². The van der Waals surface area contributed by atoms with Gasteiger partial charge in [0.2, 0.25) is 5.91 Å². The number of phenols is 1.